The smallest absolute Gasteiger partial charge is 0.313 e. The second-order valence-corrected chi connectivity index (χ2v) is 10.8. The molecule has 0 spiro atoms. The number of ether oxygens (including phenoxy) is 3. The molecule has 10 heteroatoms. The zero-order chi connectivity index (χ0) is 29.8. The summed E-state index contributed by atoms with van der Waals surface area (Å²) >= 11 is 0. The van der Waals surface area contributed by atoms with Gasteiger partial charge in [-0.05, 0) is 80.1 Å². The Labute approximate surface area is 248 Å². The van der Waals surface area contributed by atoms with Gasteiger partial charge in [-0.3, -0.25) is 14.6 Å². The first-order chi connectivity index (χ1) is 21.0. The van der Waals surface area contributed by atoms with Crippen molar-refractivity contribution in [2.24, 2.45) is 5.92 Å². The quantitative estimate of drug-likeness (QED) is 0.241. The van der Waals surface area contributed by atoms with Crippen molar-refractivity contribution < 1.29 is 28.2 Å². The van der Waals surface area contributed by atoms with Gasteiger partial charge in [-0.1, -0.05) is 24.3 Å². The number of carbonyl (C=O) groups is 2. The number of nitrogens with one attached hydrogen (secondary N) is 3. The highest BCUT2D eigenvalue weighted by Gasteiger charge is 2.26. The molecule has 9 nitrogen and oxygen atoms in total. The lowest BCUT2D eigenvalue weighted by Crippen LogP contribution is -2.37. The van der Waals surface area contributed by atoms with Crippen LogP contribution < -0.4 is 30.2 Å². The lowest BCUT2D eigenvalue weighted by atomic mass is 9.99. The molecule has 1 saturated heterocycles. The molecule has 0 bridgehead atoms. The molecule has 2 heterocycles. The van der Waals surface area contributed by atoms with E-state index in [2.05, 4.69) is 20.9 Å². The zero-order valence-corrected chi connectivity index (χ0v) is 23.8. The molecule has 222 valence electrons. The van der Waals surface area contributed by atoms with Gasteiger partial charge in [0.05, 0.1) is 25.3 Å². The van der Waals surface area contributed by atoms with E-state index in [0.29, 0.717) is 40.7 Å². The van der Waals surface area contributed by atoms with Crippen molar-refractivity contribution in [2.75, 3.05) is 32.1 Å². The predicted molar refractivity (Wildman–Crippen MR) is 160 cm³/mol. The van der Waals surface area contributed by atoms with Crippen LogP contribution in [0.1, 0.15) is 36.4 Å². The van der Waals surface area contributed by atoms with Gasteiger partial charge >= 0.3 is 11.8 Å². The molecule has 43 heavy (non-hydrogen) atoms. The minimum Gasteiger partial charge on any atom is -0.493 e. The third kappa shape index (κ3) is 6.39. The summed E-state index contributed by atoms with van der Waals surface area (Å²) in [6.07, 6.45) is 5.25. The first kappa shape index (κ1) is 28.4. The first-order valence-electron chi connectivity index (χ1n) is 14.5. The Morgan fingerprint density at radius 2 is 1.79 bits per heavy atom. The highest BCUT2D eigenvalue weighted by atomic mass is 19.1. The van der Waals surface area contributed by atoms with Crippen LogP contribution in [0.15, 0.2) is 66.9 Å². The number of aromatic nitrogens is 1. The molecule has 3 N–H and O–H groups in total. The van der Waals surface area contributed by atoms with E-state index in [1.54, 1.807) is 31.5 Å². The third-order valence-corrected chi connectivity index (χ3v) is 7.97. The van der Waals surface area contributed by atoms with Crippen molar-refractivity contribution in [1.29, 1.82) is 0 Å². The summed E-state index contributed by atoms with van der Waals surface area (Å²) in [5.74, 6) is -0.451. The lowest BCUT2D eigenvalue weighted by Gasteiger charge is -2.23. The average Bonchev–Trinajstić information content (AvgIpc) is 3.44. The van der Waals surface area contributed by atoms with Gasteiger partial charge in [0.2, 0.25) is 0 Å². The molecule has 2 amide bonds. The normalized spacial score (nSPS) is 16.4. The molecular weight excluding hydrogens is 551 g/mol. The molecule has 2 aliphatic rings. The van der Waals surface area contributed by atoms with E-state index in [0.717, 1.165) is 56.0 Å². The fourth-order valence-corrected chi connectivity index (χ4v) is 5.64. The molecule has 0 radical (unpaired) electrons. The van der Waals surface area contributed by atoms with Crippen LogP contribution in [0.4, 0.5) is 10.1 Å². The molecule has 4 aromatic rings. The Morgan fingerprint density at radius 1 is 0.953 bits per heavy atom. The fourth-order valence-electron chi connectivity index (χ4n) is 5.64. The molecule has 1 fully saturated rings. The van der Waals surface area contributed by atoms with Crippen molar-refractivity contribution in [1.82, 2.24) is 15.6 Å². The molecule has 1 aliphatic heterocycles. The third-order valence-electron chi connectivity index (χ3n) is 7.97. The van der Waals surface area contributed by atoms with Crippen molar-refractivity contribution in [3.8, 4) is 23.0 Å². The Hall–Kier alpha value is -4.70. The molecule has 3 aromatic carbocycles. The van der Waals surface area contributed by atoms with Gasteiger partial charge in [0, 0.05) is 29.4 Å². The highest BCUT2D eigenvalue weighted by Crippen LogP contribution is 2.38. The number of rotatable bonds is 8. The number of fused-ring (bicyclic) bond motifs is 2. The standard InChI is InChI=1S/C33H33FN4O5/c1-41-30-17-24-27(18-31(30)42-19-20-10-13-35-14-11-20)36-15-12-28(24)43-29-9-7-22(16-25(29)34)37-32(39)33(40)38-26-8-6-21-4-2-3-5-23(21)26/h2-5,7,9,12,15-18,20,26,35H,6,8,10-11,13-14,19H2,1H3,(H,37,39)(H,38,40). The van der Waals surface area contributed by atoms with Gasteiger partial charge in [0.1, 0.15) is 5.75 Å². The minimum absolute atomic E-state index is 0.0530. The van der Waals surface area contributed by atoms with Gasteiger partial charge in [0.15, 0.2) is 23.1 Å². The zero-order valence-electron chi connectivity index (χ0n) is 23.8. The van der Waals surface area contributed by atoms with Gasteiger partial charge in [-0.25, -0.2) is 4.39 Å². The molecule has 1 aliphatic carbocycles. The van der Waals surface area contributed by atoms with Crippen LogP contribution in [-0.4, -0.2) is 43.6 Å². The van der Waals surface area contributed by atoms with E-state index >= 15 is 4.39 Å². The van der Waals surface area contributed by atoms with Crippen LogP contribution in [0, 0.1) is 11.7 Å². The number of halogens is 1. The maximum absolute atomic E-state index is 15.1. The fraction of sp³-hybridized carbons (Fsp3) is 0.303. The number of pyridine rings is 1. The van der Waals surface area contributed by atoms with Crippen molar-refractivity contribution in [3.05, 3.63) is 83.8 Å². The Balaban J connectivity index is 1.12. The number of carbonyl (C=O) groups excluding carboxylic acids is 2. The molecular formula is C33H33FN4O5. The lowest BCUT2D eigenvalue weighted by molar-refractivity contribution is -0.136. The molecule has 1 aromatic heterocycles. The topological polar surface area (TPSA) is 111 Å². The number of benzene rings is 3. The van der Waals surface area contributed by atoms with Crippen LogP contribution >= 0.6 is 0 Å². The van der Waals surface area contributed by atoms with Gasteiger partial charge in [0.25, 0.3) is 0 Å². The van der Waals surface area contributed by atoms with Gasteiger partial charge in [-0.2, -0.15) is 0 Å². The number of hydrogen-bond donors (Lipinski definition) is 3. The van der Waals surface area contributed by atoms with E-state index in [9.17, 15) is 9.59 Å². The Morgan fingerprint density at radius 3 is 2.60 bits per heavy atom. The van der Waals surface area contributed by atoms with E-state index in [1.807, 2.05) is 24.3 Å². The highest BCUT2D eigenvalue weighted by molar-refractivity contribution is 6.39. The summed E-state index contributed by atoms with van der Waals surface area (Å²) in [6, 6.07) is 16.8. The molecule has 6 rings (SSSR count). The van der Waals surface area contributed by atoms with E-state index < -0.39 is 17.6 Å². The number of aryl methyl sites for hydroxylation is 1. The number of hydrogen-bond acceptors (Lipinski definition) is 7. The SMILES string of the molecule is COc1cc2c(Oc3ccc(NC(=O)C(=O)NC4CCc5ccccc54)cc3F)ccnc2cc1OCC1CCNCC1. The maximum atomic E-state index is 15.1. The van der Waals surface area contributed by atoms with E-state index in [4.69, 9.17) is 14.2 Å². The first-order valence-corrected chi connectivity index (χ1v) is 14.5. The van der Waals surface area contributed by atoms with Gasteiger partial charge < -0.3 is 30.2 Å². The Bertz CT molecular complexity index is 1660. The maximum Gasteiger partial charge on any atom is 0.313 e. The number of anilines is 1. The summed E-state index contributed by atoms with van der Waals surface area (Å²) in [5.41, 5.74) is 2.92. The van der Waals surface area contributed by atoms with Crippen LogP contribution in [0.3, 0.4) is 0 Å². The number of methoxy groups -OCH3 is 1. The monoisotopic (exact) mass is 584 g/mol. The van der Waals surface area contributed by atoms with E-state index in [1.165, 1.54) is 12.1 Å². The van der Waals surface area contributed by atoms with Crippen LogP contribution in [-0.2, 0) is 16.0 Å². The predicted octanol–water partition coefficient (Wildman–Crippen LogP) is 5.30. The summed E-state index contributed by atoms with van der Waals surface area (Å²) in [6.45, 7) is 2.56. The van der Waals surface area contributed by atoms with Crippen molar-refractivity contribution in [2.45, 2.75) is 31.7 Å². The summed E-state index contributed by atoms with van der Waals surface area (Å²) in [7, 11) is 1.56. The summed E-state index contributed by atoms with van der Waals surface area (Å²) in [4.78, 5) is 29.6. The average molecular weight is 585 g/mol. The Kier molecular flexibility index (Phi) is 8.37. The van der Waals surface area contributed by atoms with Crippen molar-refractivity contribution >= 4 is 28.4 Å². The summed E-state index contributed by atoms with van der Waals surface area (Å²) < 4.78 is 32.8. The number of piperidine rings is 1. The van der Waals surface area contributed by atoms with Crippen LogP contribution in [0.25, 0.3) is 10.9 Å². The van der Waals surface area contributed by atoms with Crippen LogP contribution in [0.2, 0.25) is 0 Å². The van der Waals surface area contributed by atoms with E-state index in [-0.39, 0.29) is 17.5 Å². The second-order valence-electron chi connectivity index (χ2n) is 10.8. The van der Waals surface area contributed by atoms with Gasteiger partial charge in [-0.15, -0.1) is 0 Å². The number of amides is 2. The second kappa shape index (κ2) is 12.7. The van der Waals surface area contributed by atoms with Crippen molar-refractivity contribution in [3.63, 3.8) is 0 Å². The largest absolute Gasteiger partial charge is 0.493 e. The van der Waals surface area contributed by atoms with Crippen LogP contribution in [0.5, 0.6) is 23.0 Å². The minimum atomic E-state index is -0.872. The molecule has 0 saturated carbocycles. The molecule has 1 unspecified atom stereocenters. The summed E-state index contributed by atoms with van der Waals surface area (Å²) in [5, 5.41) is 9.21. The number of nitrogens with zero attached hydrogens (tertiary/aromatic N) is 1. The molecule has 1 atom stereocenters.